The molecule has 100 valence electrons. The molecule has 1 aromatic rings. The summed E-state index contributed by atoms with van der Waals surface area (Å²) >= 11 is 5.01. The van der Waals surface area contributed by atoms with E-state index in [-0.39, 0.29) is 0 Å². The van der Waals surface area contributed by atoms with Crippen molar-refractivity contribution in [1.82, 2.24) is 0 Å². The molecule has 0 saturated heterocycles. The van der Waals surface area contributed by atoms with Crippen LogP contribution in [0, 0.1) is 11.3 Å². The van der Waals surface area contributed by atoms with E-state index in [2.05, 4.69) is 36.7 Å². The Morgan fingerprint density at radius 1 is 1.56 bits per heavy atom. The van der Waals surface area contributed by atoms with Gasteiger partial charge in [0.05, 0.1) is 9.35 Å². The molecule has 0 bridgehead atoms. The van der Waals surface area contributed by atoms with Crippen LogP contribution in [0.15, 0.2) is 3.79 Å². The summed E-state index contributed by atoms with van der Waals surface area (Å²) in [5, 5.41) is 9.26. The van der Waals surface area contributed by atoms with Crippen molar-refractivity contribution in [3.8, 4) is 0 Å². The molecule has 0 fully saturated rings. The third-order valence-corrected chi connectivity index (χ3v) is 6.38. The smallest absolute Gasteiger partial charge is 0.338 e. The first-order valence-corrected chi connectivity index (χ1v) is 8.01. The van der Waals surface area contributed by atoms with Crippen molar-refractivity contribution >= 4 is 33.2 Å². The summed E-state index contributed by atoms with van der Waals surface area (Å²) in [7, 11) is 0. The number of aromatic carboxylic acids is 1. The van der Waals surface area contributed by atoms with Gasteiger partial charge >= 0.3 is 5.97 Å². The molecule has 1 N–H and O–H groups in total. The summed E-state index contributed by atoms with van der Waals surface area (Å²) in [5.74, 6) is -0.130. The number of carboxylic acid groups (broad SMARTS) is 1. The van der Waals surface area contributed by atoms with Crippen LogP contribution in [0.2, 0.25) is 0 Å². The van der Waals surface area contributed by atoms with E-state index in [0.717, 1.165) is 28.6 Å². The van der Waals surface area contributed by atoms with Crippen LogP contribution in [0.4, 0.5) is 0 Å². The van der Waals surface area contributed by atoms with Crippen molar-refractivity contribution in [1.29, 1.82) is 0 Å². The topological polar surface area (TPSA) is 37.3 Å². The number of carbonyl (C=O) groups is 1. The number of fused-ring (bicyclic) bond motifs is 1. The number of halogens is 1. The molecule has 0 amide bonds. The SMILES string of the molecule is CCC(C)(C)C1CCc2c(sc(Br)c2C(=O)O)C1. The lowest BCUT2D eigenvalue weighted by Gasteiger charge is -2.36. The highest BCUT2D eigenvalue weighted by atomic mass is 79.9. The van der Waals surface area contributed by atoms with Gasteiger partial charge in [-0.2, -0.15) is 0 Å². The van der Waals surface area contributed by atoms with Gasteiger partial charge in [0.25, 0.3) is 0 Å². The summed E-state index contributed by atoms with van der Waals surface area (Å²) < 4.78 is 0.787. The van der Waals surface area contributed by atoms with Crippen LogP contribution in [0.25, 0.3) is 0 Å². The number of thiophene rings is 1. The van der Waals surface area contributed by atoms with E-state index in [4.69, 9.17) is 0 Å². The van der Waals surface area contributed by atoms with Gasteiger partial charge in [0.15, 0.2) is 0 Å². The number of hydrogen-bond donors (Lipinski definition) is 1. The minimum atomic E-state index is -0.799. The normalized spacial score (nSPS) is 19.7. The Balaban J connectivity index is 2.32. The standard InChI is InChI=1S/C14H19BrO2S/c1-4-14(2,3)8-5-6-9-10(7-8)18-12(15)11(9)13(16)17/h8H,4-7H2,1-3H3,(H,16,17). The Kier molecular flexibility index (Phi) is 3.88. The van der Waals surface area contributed by atoms with Crippen LogP contribution >= 0.6 is 27.3 Å². The van der Waals surface area contributed by atoms with Gasteiger partial charge in [-0.15, -0.1) is 11.3 Å². The second kappa shape index (κ2) is 4.97. The molecule has 1 aliphatic rings. The Hall–Kier alpha value is -0.350. The maximum absolute atomic E-state index is 11.3. The van der Waals surface area contributed by atoms with Gasteiger partial charge in [-0.1, -0.05) is 27.2 Å². The van der Waals surface area contributed by atoms with Crippen LogP contribution in [0.1, 0.15) is 54.4 Å². The van der Waals surface area contributed by atoms with Gasteiger partial charge in [-0.05, 0) is 52.1 Å². The van der Waals surface area contributed by atoms with Crippen molar-refractivity contribution in [2.45, 2.75) is 46.5 Å². The van der Waals surface area contributed by atoms with Crippen LogP contribution in [-0.4, -0.2) is 11.1 Å². The fraction of sp³-hybridized carbons (Fsp3) is 0.643. The molecule has 1 unspecified atom stereocenters. The maximum atomic E-state index is 11.3. The minimum absolute atomic E-state index is 0.345. The average Bonchev–Trinajstić information content (AvgIpc) is 2.63. The molecule has 2 rings (SSSR count). The lowest BCUT2D eigenvalue weighted by molar-refractivity contribution is 0.0694. The van der Waals surface area contributed by atoms with Crippen molar-refractivity contribution in [2.75, 3.05) is 0 Å². The Labute approximate surface area is 121 Å². The number of carboxylic acids is 1. The predicted octanol–water partition coefficient (Wildman–Crippen LogP) is 4.75. The average molecular weight is 331 g/mol. The molecule has 18 heavy (non-hydrogen) atoms. The molecule has 1 aliphatic carbocycles. The summed E-state index contributed by atoms with van der Waals surface area (Å²) in [6, 6.07) is 0. The molecular weight excluding hydrogens is 312 g/mol. The highest BCUT2D eigenvalue weighted by Gasteiger charge is 2.34. The van der Waals surface area contributed by atoms with Crippen molar-refractivity contribution in [2.24, 2.45) is 11.3 Å². The molecule has 0 aromatic carbocycles. The fourth-order valence-electron chi connectivity index (χ4n) is 2.72. The Morgan fingerprint density at radius 2 is 2.22 bits per heavy atom. The maximum Gasteiger partial charge on any atom is 0.338 e. The fourth-order valence-corrected chi connectivity index (χ4v) is 4.86. The van der Waals surface area contributed by atoms with E-state index >= 15 is 0 Å². The van der Waals surface area contributed by atoms with Crippen LogP contribution in [0.3, 0.4) is 0 Å². The van der Waals surface area contributed by atoms with Crippen LogP contribution in [-0.2, 0) is 12.8 Å². The van der Waals surface area contributed by atoms with Gasteiger partial charge in [0, 0.05) is 4.88 Å². The van der Waals surface area contributed by atoms with E-state index in [9.17, 15) is 9.90 Å². The molecule has 0 saturated carbocycles. The Morgan fingerprint density at radius 3 is 2.78 bits per heavy atom. The quantitative estimate of drug-likeness (QED) is 0.868. The first-order valence-electron chi connectivity index (χ1n) is 6.40. The summed E-state index contributed by atoms with van der Waals surface area (Å²) in [6.07, 6.45) is 4.22. The zero-order valence-electron chi connectivity index (χ0n) is 11.0. The van der Waals surface area contributed by atoms with Gasteiger partial charge in [0.2, 0.25) is 0 Å². The molecule has 2 nitrogen and oxygen atoms in total. The van der Waals surface area contributed by atoms with E-state index in [1.54, 1.807) is 11.3 Å². The van der Waals surface area contributed by atoms with Crippen molar-refractivity contribution < 1.29 is 9.90 Å². The summed E-state index contributed by atoms with van der Waals surface area (Å²) in [4.78, 5) is 12.5. The lowest BCUT2D eigenvalue weighted by atomic mass is 9.69. The van der Waals surface area contributed by atoms with Gasteiger partial charge < -0.3 is 5.11 Å². The zero-order valence-corrected chi connectivity index (χ0v) is 13.4. The molecule has 0 radical (unpaired) electrons. The Bertz CT molecular complexity index is 476. The molecule has 4 heteroatoms. The molecular formula is C14H19BrO2S. The minimum Gasteiger partial charge on any atom is -0.478 e. The zero-order chi connectivity index (χ0) is 13.5. The van der Waals surface area contributed by atoms with Gasteiger partial charge in [0.1, 0.15) is 0 Å². The van der Waals surface area contributed by atoms with Gasteiger partial charge in [-0.25, -0.2) is 4.79 Å². The van der Waals surface area contributed by atoms with Crippen molar-refractivity contribution in [3.05, 3.63) is 19.8 Å². The predicted molar refractivity (Wildman–Crippen MR) is 78.6 cm³/mol. The lowest BCUT2D eigenvalue weighted by Crippen LogP contribution is -2.28. The highest BCUT2D eigenvalue weighted by molar-refractivity contribution is 9.11. The van der Waals surface area contributed by atoms with E-state index in [0.29, 0.717) is 16.9 Å². The van der Waals surface area contributed by atoms with Gasteiger partial charge in [-0.3, -0.25) is 0 Å². The van der Waals surface area contributed by atoms with Crippen molar-refractivity contribution in [3.63, 3.8) is 0 Å². The first kappa shape index (κ1) is 14.1. The first-order chi connectivity index (χ1) is 8.36. The molecule has 1 atom stereocenters. The summed E-state index contributed by atoms with van der Waals surface area (Å²) in [6.45, 7) is 6.88. The van der Waals surface area contributed by atoms with Crippen LogP contribution in [0.5, 0.6) is 0 Å². The molecule has 0 aliphatic heterocycles. The molecule has 0 spiro atoms. The molecule has 1 heterocycles. The third-order valence-electron chi connectivity index (χ3n) is 4.45. The number of rotatable bonds is 3. The number of hydrogen-bond acceptors (Lipinski definition) is 2. The molecule has 1 aromatic heterocycles. The van der Waals surface area contributed by atoms with E-state index in [1.807, 2.05) is 0 Å². The van der Waals surface area contributed by atoms with E-state index in [1.165, 1.54) is 11.3 Å². The van der Waals surface area contributed by atoms with E-state index < -0.39 is 5.97 Å². The monoisotopic (exact) mass is 330 g/mol. The summed E-state index contributed by atoms with van der Waals surface area (Å²) in [5.41, 5.74) is 1.92. The second-order valence-electron chi connectivity index (χ2n) is 5.74. The third kappa shape index (κ3) is 2.37. The second-order valence-corrected chi connectivity index (χ2v) is 8.16. The largest absolute Gasteiger partial charge is 0.478 e. The van der Waals surface area contributed by atoms with Crippen LogP contribution < -0.4 is 0 Å². The highest BCUT2D eigenvalue weighted by Crippen LogP contribution is 2.45.